The molecule has 1 aliphatic rings. The number of pyridine rings is 1. The Labute approximate surface area is 138 Å². The maximum atomic E-state index is 13.7. The third-order valence-corrected chi connectivity index (χ3v) is 4.78. The van der Waals surface area contributed by atoms with Crippen LogP contribution in [0.3, 0.4) is 0 Å². The van der Waals surface area contributed by atoms with Crippen LogP contribution in [0.2, 0.25) is 5.02 Å². The highest BCUT2D eigenvalue weighted by molar-refractivity contribution is 6.32. The molecule has 1 aliphatic carbocycles. The summed E-state index contributed by atoms with van der Waals surface area (Å²) < 4.78 is 13.7. The zero-order valence-corrected chi connectivity index (χ0v) is 13.1. The Morgan fingerprint density at radius 3 is 2.91 bits per heavy atom. The van der Waals surface area contributed by atoms with Crippen molar-refractivity contribution in [2.75, 3.05) is 0 Å². The number of hydrogen-bond donors (Lipinski definition) is 1. The van der Waals surface area contributed by atoms with Crippen LogP contribution in [0, 0.1) is 11.9 Å². The number of nitrogens with zero attached hydrogens (tertiary/aromatic N) is 2. The molecule has 4 rings (SSSR count). The monoisotopic (exact) mass is 327 g/mol. The Bertz CT molecular complexity index is 896. The molecule has 1 aromatic carbocycles. The molecular weight excluding hydrogens is 313 g/mol. The Morgan fingerprint density at radius 1 is 1.30 bits per heavy atom. The number of allylic oxidation sites excluding steroid dienone is 1. The van der Waals surface area contributed by atoms with Gasteiger partial charge in [-0.15, -0.1) is 0 Å². The molecule has 0 atom stereocenters. The number of hydrogen-bond acceptors (Lipinski definition) is 2. The fraction of sp³-hybridized carbons (Fsp3) is 0.222. The Hall–Kier alpha value is -2.20. The van der Waals surface area contributed by atoms with Gasteiger partial charge in [-0.25, -0.2) is 0 Å². The largest absolute Gasteiger partial charge is 0.263 e. The van der Waals surface area contributed by atoms with Gasteiger partial charge >= 0.3 is 0 Å². The molecular formula is C18H15ClFN3. The van der Waals surface area contributed by atoms with Crippen molar-refractivity contribution in [3.63, 3.8) is 0 Å². The predicted molar refractivity (Wildman–Crippen MR) is 90.5 cm³/mol. The van der Waals surface area contributed by atoms with Gasteiger partial charge in [0.05, 0.1) is 15.9 Å². The highest BCUT2D eigenvalue weighted by Gasteiger charge is 2.24. The molecule has 3 aromatic rings. The smallest absolute Gasteiger partial charge is 0.216 e. The van der Waals surface area contributed by atoms with Crippen molar-refractivity contribution >= 4 is 34.2 Å². The molecule has 0 amide bonds. The minimum atomic E-state index is -0.401. The molecule has 0 saturated heterocycles. The number of halogens is 2. The normalized spacial score (nSPS) is 15.8. The van der Waals surface area contributed by atoms with Gasteiger partial charge in [0.1, 0.15) is 0 Å². The molecule has 3 nitrogen and oxygen atoms in total. The summed E-state index contributed by atoms with van der Waals surface area (Å²) in [6, 6.07) is 7.55. The van der Waals surface area contributed by atoms with E-state index in [1.807, 2.05) is 24.3 Å². The minimum Gasteiger partial charge on any atom is -0.263 e. The molecule has 0 bridgehead atoms. The van der Waals surface area contributed by atoms with Crippen molar-refractivity contribution in [1.29, 1.82) is 0 Å². The van der Waals surface area contributed by atoms with Gasteiger partial charge in [-0.2, -0.15) is 9.49 Å². The minimum absolute atomic E-state index is 0.401. The highest BCUT2D eigenvalue weighted by Crippen LogP contribution is 2.41. The van der Waals surface area contributed by atoms with Gasteiger partial charge in [0, 0.05) is 12.4 Å². The van der Waals surface area contributed by atoms with E-state index in [1.165, 1.54) is 12.0 Å². The maximum absolute atomic E-state index is 13.7. The fourth-order valence-electron chi connectivity index (χ4n) is 3.01. The molecule has 2 heterocycles. The van der Waals surface area contributed by atoms with E-state index in [1.54, 1.807) is 12.4 Å². The first kappa shape index (κ1) is 14.4. The molecule has 23 heavy (non-hydrogen) atoms. The summed E-state index contributed by atoms with van der Waals surface area (Å²) in [7, 11) is 0. The van der Waals surface area contributed by atoms with Gasteiger partial charge in [0.15, 0.2) is 0 Å². The predicted octanol–water partition coefficient (Wildman–Crippen LogP) is 5.09. The molecule has 0 radical (unpaired) electrons. The van der Waals surface area contributed by atoms with Gasteiger partial charge in [-0.05, 0) is 53.7 Å². The lowest BCUT2D eigenvalue weighted by Gasteiger charge is -2.29. The van der Waals surface area contributed by atoms with Crippen molar-refractivity contribution in [2.24, 2.45) is 5.92 Å². The lowest BCUT2D eigenvalue weighted by Crippen LogP contribution is -2.13. The van der Waals surface area contributed by atoms with Crippen molar-refractivity contribution in [3.8, 4) is 0 Å². The summed E-state index contributed by atoms with van der Waals surface area (Å²) in [5.41, 5.74) is 3.80. The molecule has 0 aliphatic heterocycles. The van der Waals surface area contributed by atoms with E-state index in [2.05, 4.69) is 21.3 Å². The summed E-state index contributed by atoms with van der Waals surface area (Å²) in [5.74, 6) is 0.0992. The number of benzene rings is 1. The number of aromatic amines is 1. The van der Waals surface area contributed by atoms with Gasteiger partial charge < -0.3 is 0 Å². The molecule has 1 fully saturated rings. The lowest BCUT2D eigenvalue weighted by molar-refractivity contribution is 0.401. The maximum Gasteiger partial charge on any atom is 0.216 e. The van der Waals surface area contributed by atoms with Gasteiger partial charge in [-0.3, -0.25) is 10.1 Å². The summed E-state index contributed by atoms with van der Waals surface area (Å²) in [4.78, 5) is 4.06. The third-order valence-electron chi connectivity index (χ3n) is 4.48. The standard InChI is InChI=1S/C18H15ClFN3/c19-16-10-21-7-6-13(16)14(12-2-1-3-12)8-11-4-5-17-15(9-11)18(20)23-22-17/h4-10,12H,1-3H2,(H,22,23)/b14-8+. The number of fused-ring (bicyclic) bond motifs is 1. The first-order valence-corrected chi connectivity index (χ1v) is 8.05. The van der Waals surface area contributed by atoms with Crippen molar-refractivity contribution in [1.82, 2.24) is 15.2 Å². The first-order valence-electron chi connectivity index (χ1n) is 7.67. The van der Waals surface area contributed by atoms with E-state index in [0.717, 1.165) is 24.0 Å². The van der Waals surface area contributed by atoms with Crippen LogP contribution in [-0.4, -0.2) is 15.2 Å². The van der Waals surface area contributed by atoms with E-state index in [4.69, 9.17) is 11.6 Å². The highest BCUT2D eigenvalue weighted by atomic mass is 35.5. The van der Waals surface area contributed by atoms with Crippen LogP contribution in [0.5, 0.6) is 0 Å². The Kier molecular flexibility index (Phi) is 3.62. The van der Waals surface area contributed by atoms with Crippen LogP contribution in [0.4, 0.5) is 4.39 Å². The van der Waals surface area contributed by atoms with E-state index < -0.39 is 5.95 Å². The van der Waals surface area contributed by atoms with Gasteiger partial charge in [-0.1, -0.05) is 30.2 Å². The third kappa shape index (κ3) is 2.63. The van der Waals surface area contributed by atoms with Crippen molar-refractivity contribution in [2.45, 2.75) is 19.3 Å². The van der Waals surface area contributed by atoms with Gasteiger partial charge in [0.2, 0.25) is 5.95 Å². The van der Waals surface area contributed by atoms with Crippen LogP contribution in [-0.2, 0) is 0 Å². The molecule has 5 heteroatoms. The van der Waals surface area contributed by atoms with E-state index in [9.17, 15) is 4.39 Å². The number of rotatable bonds is 3. The average molecular weight is 328 g/mol. The molecule has 2 aromatic heterocycles. The van der Waals surface area contributed by atoms with E-state index in [0.29, 0.717) is 21.8 Å². The van der Waals surface area contributed by atoms with Crippen LogP contribution >= 0.6 is 11.6 Å². The zero-order chi connectivity index (χ0) is 15.8. The molecule has 0 spiro atoms. The molecule has 1 N–H and O–H groups in total. The summed E-state index contributed by atoms with van der Waals surface area (Å²) in [5, 5.41) is 7.46. The fourth-order valence-corrected chi connectivity index (χ4v) is 3.24. The summed E-state index contributed by atoms with van der Waals surface area (Å²) in [6.45, 7) is 0. The van der Waals surface area contributed by atoms with Gasteiger partial charge in [0.25, 0.3) is 0 Å². The lowest BCUT2D eigenvalue weighted by atomic mass is 9.76. The average Bonchev–Trinajstić information content (AvgIpc) is 2.87. The SMILES string of the molecule is Fc1[nH]nc2ccc(/C=C(/c3ccncc3Cl)C3CCC3)cc12. The Morgan fingerprint density at radius 2 is 2.17 bits per heavy atom. The summed E-state index contributed by atoms with van der Waals surface area (Å²) >= 11 is 6.33. The second kappa shape index (κ2) is 5.78. The quantitative estimate of drug-likeness (QED) is 0.728. The first-order chi connectivity index (χ1) is 11.2. The van der Waals surface area contributed by atoms with E-state index >= 15 is 0 Å². The summed E-state index contributed by atoms with van der Waals surface area (Å²) in [6.07, 6.45) is 9.09. The second-order valence-corrected chi connectivity index (χ2v) is 6.30. The molecule has 0 unspecified atom stereocenters. The number of nitrogens with one attached hydrogen (secondary N) is 1. The van der Waals surface area contributed by atoms with Crippen molar-refractivity contribution in [3.05, 3.63) is 58.8 Å². The van der Waals surface area contributed by atoms with Crippen molar-refractivity contribution < 1.29 is 4.39 Å². The zero-order valence-electron chi connectivity index (χ0n) is 12.4. The Balaban J connectivity index is 1.82. The number of aromatic nitrogens is 3. The van der Waals surface area contributed by atoms with Crippen LogP contribution in [0.1, 0.15) is 30.4 Å². The topological polar surface area (TPSA) is 41.6 Å². The number of H-pyrrole nitrogens is 1. The second-order valence-electron chi connectivity index (χ2n) is 5.90. The van der Waals surface area contributed by atoms with Crippen LogP contribution in [0.15, 0.2) is 36.7 Å². The van der Waals surface area contributed by atoms with Crippen LogP contribution < -0.4 is 0 Å². The molecule has 116 valence electrons. The molecule has 1 saturated carbocycles. The van der Waals surface area contributed by atoms with E-state index in [-0.39, 0.29) is 0 Å². The van der Waals surface area contributed by atoms with Crippen LogP contribution in [0.25, 0.3) is 22.6 Å².